The molecule has 2 amide bonds. The van der Waals surface area contributed by atoms with Crippen LogP contribution in [0.4, 0.5) is 0 Å². The average molecular weight is 423 g/mol. The Morgan fingerprint density at radius 1 is 1.24 bits per heavy atom. The Labute approximate surface area is 175 Å². The van der Waals surface area contributed by atoms with Crippen molar-refractivity contribution in [3.05, 3.63) is 34.9 Å². The van der Waals surface area contributed by atoms with Gasteiger partial charge in [0.25, 0.3) is 6.47 Å². The van der Waals surface area contributed by atoms with Crippen molar-refractivity contribution in [1.82, 2.24) is 4.90 Å². The third-order valence-corrected chi connectivity index (χ3v) is 6.75. The molecular formula is C21H27ClN2O5. The first-order valence-corrected chi connectivity index (χ1v) is 10.4. The summed E-state index contributed by atoms with van der Waals surface area (Å²) in [4.78, 5) is 35.7. The van der Waals surface area contributed by atoms with Crippen molar-refractivity contribution in [2.45, 2.75) is 56.1 Å². The highest BCUT2D eigenvalue weighted by atomic mass is 35.5. The maximum Gasteiger partial charge on any atom is 0.290 e. The molecule has 0 bridgehead atoms. The molecule has 3 atom stereocenters. The number of carbonyl (C=O) groups excluding carboxylic acids is 2. The number of morpholine rings is 1. The number of nitrogens with two attached hydrogens (primary N) is 1. The molecule has 1 heterocycles. The molecule has 3 aliphatic rings. The molecule has 2 aliphatic carbocycles. The fourth-order valence-corrected chi connectivity index (χ4v) is 4.95. The predicted octanol–water partition coefficient (Wildman–Crippen LogP) is 2.34. The molecule has 8 heteroatoms. The number of nitrogens with zero attached hydrogens (tertiary/aromatic N) is 1. The van der Waals surface area contributed by atoms with E-state index in [0.717, 1.165) is 37.7 Å². The molecule has 3 N–H and O–H groups in total. The van der Waals surface area contributed by atoms with Crippen molar-refractivity contribution < 1.29 is 24.2 Å². The van der Waals surface area contributed by atoms with Gasteiger partial charge in [-0.2, -0.15) is 0 Å². The fraction of sp³-hybridized carbons (Fsp3) is 0.571. The smallest absolute Gasteiger partial charge is 0.290 e. The quantitative estimate of drug-likeness (QED) is 0.726. The fourth-order valence-electron chi connectivity index (χ4n) is 4.82. The topological polar surface area (TPSA) is 110 Å². The van der Waals surface area contributed by atoms with E-state index in [1.165, 1.54) is 0 Å². The van der Waals surface area contributed by atoms with Crippen LogP contribution in [0.1, 0.15) is 44.1 Å². The summed E-state index contributed by atoms with van der Waals surface area (Å²) in [7, 11) is 0. The number of ether oxygens (including phenoxy) is 1. The van der Waals surface area contributed by atoms with Crippen LogP contribution in [0.3, 0.4) is 0 Å². The van der Waals surface area contributed by atoms with Crippen molar-refractivity contribution in [3.63, 3.8) is 0 Å². The van der Waals surface area contributed by atoms with E-state index in [1.54, 1.807) is 0 Å². The molecule has 3 fully saturated rings. The van der Waals surface area contributed by atoms with Gasteiger partial charge in [0.2, 0.25) is 11.8 Å². The zero-order valence-electron chi connectivity index (χ0n) is 16.3. The number of primary amides is 1. The average Bonchev–Trinajstić information content (AvgIpc) is 2.68. The second-order valence-electron chi connectivity index (χ2n) is 7.94. The largest absolute Gasteiger partial charge is 0.483 e. The lowest BCUT2D eigenvalue weighted by molar-refractivity contribution is -0.162. The summed E-state index contributed by atoms with van der Waals surface area (Å²) in [6, 6.07) is 7.62. The Bertz CT molecular complexity index is 750. The van der Waals surface area contributed by atoms with Crippen LogP contribution >= 0.6 is 11.6 Å². The molecular weight excluding hydrogens is 396 g/mol. The summed E-state index contributed by atoms with van der Waals surface area (Å²) in [5.74, 6) is -0.256. The number of carbonyl (C=O) groups is 3. The monoisotopic (exact) mass is 422 g/mol. The first-order valence-electron chi connectivity index (χ1n) is 9.99. The Kier molecular flexibility index (Phi) is 6.80. The minimum Gasteiger partial charge on any atom is -0.483 e. The van der Waals surface area contributed by atoms with Gasteiger partial charge in [0.15, 0.2) is 0 Å². The highest BCUT2D eigenvalue weighted by molar-refractivity contribution is 6.30. The number of hydrogen-bond acceptors (Lipinski definition) is 4. The van der Waals surface area contributed by atoms with E-state index in [9.17, 15) is 9.59 Å². The third kappa shape index (κ3) is 4.26. The minimum atomic E-state index is -0.452. The van der Waals surface area contributed by atoms with E-state index in [1.807, 2.05) is 29.2 Å². The summed E-state index contributed by atoms with van der Waals surface area (Å²) in [6.07, 6.45) is 4.95. The number of fused-ring (bicyclic) bond motifs is 1. The molecule has 29 heavy (non-hydrogen) atoms. The highest BCUT2D eigenvalue weighted by Crippen LogP contribution is 2.47. The normalized spacial score (nSPS) is 27.5. The van der Waals surface area contributed by atoms with Crippen LogP contribution in [0.2, 0.25) is 5.02 Å². The van der Waals surface area contributed by atoms with Crippen LogP contribution in [-0.4, -0.2) is 53.6 Å². The standard InChI is InChI=1S/C20H25ClN2O3.CH2O2/c21-15-5-3-14(4-6-15)20(8-1-9-20)19(25)23-10-11-26-17-7-2-13(18(22)24)12-16(17)23;2-1-3/h3-6,13,16-17H,1-2,7-12H2,(H2,22,24);1H,(H,2,3)/t13-,16+,17+;/m0./s1. The van der Waals surface area contributed by atoms with Crippen molar-refractivity contribution in [2.75, 3.05) is 13.2 Å². The van der Waals surface area contributed by atoms with Gasteiger partial charge >= 0.3 is 0 Å². The first kappa shape index (κ1) is 21.6. The van der Waals surface area contributed by atoms with Crippen molar-refractivity contribution in [1.29, 1.82) is 0 Å². The Hall–Kier alpha value is -2.12. The molecule has 4 rings (SSSR count). The number of rotatable bonds is 3. The number of hydrogen-bond donors (Lipinski definition) is 2. The van der Waals surface area contributed by atoms with Gasteiger partial charge in [0.05, 0.1) is 24.2 Å². The molecule has 1 saturated heterocycles. The van der Waals surface area contributed by atoms with Crippen LogP contribution in [0.25, 0.3) is 0 Å². The maximum atomic E-state index is 13.6. The highest BCUT2D eigenvalue weighted by Gasteiger charge is 2.51. The Morgan fingerprint density at radius 2 is 1.90 bits per heavy atom. The summed E-state index contributed by atoms with van der Waals surface area (Å²) in [5, 5.41) is 7.57. The van der Waals surface area contributed by atoms with Crippen molar-refractivity contribution in [3.8, 4) is 0 Å². The summed E-state index contributed by atoms with van der Waals surface area (Å²) >= 11 is 6.03. The molecule has 1 aromatic carbocycles. The van der Waals surface area contributed by atoms with E-state index in [4.69, 9.17) is 32.0 Å². The van der Waals surface area contributed by atoms with Gasteiger partial charge in [0.1, 0.15) is 0 Å². The minimum absolute atomic E-state index is 0.0191. The van der Waals surface area contributed by atoms with Gasteiger partial charge in [-0.15, -0.1) is 0 Å². The number of halogens is 1. The maximum absolute atomic E-state index is 13.6. The number of benzene rings is 1. The van der Waals surface area contributed by atoms with E-state index in [2.05, 4.69) is 0 Å². The molecule has 0 aromatic heterocycles. The van der Waals surface area contributed by atoms with E-state index in [-0.39, 0.29) is 36.4 Å². The predicted molar refractivity (Wildman–Crippen MR) is 107 cm³/mol. The summed E-state index contributed by atoms with van der Waals surface area (Å²) in [5.41, 5.74) is 6.14. The Balaban J connectivity index is 0.000000755. The molecule has 7 nitrogen and oxygen atoms in total. The molecule has 0 unspecified atom stereocenters. The summed E-state index contributed by atoms with van der Waals surface area (Å²) in [6.45, 7) is 0.895. The number of amides is 2. The lowest BCUT2D eigenvalue weighted by Crippen LogP contribution is -2.62. The van der Waals surface area contributed by atoms with Crippen LogP contribution < -0.4 is 5.73 Å². The summed E-state index contributed by atoms with van der Waals surface area (Å²) < 4.78 is 5.91. The second-order valence-corrected chi connectivity index (χ2v) is 8.37. The van der Waals surface area contributed by atoms with Gasteiger partial charge in [-0.3, -0.25) is 14.4 Å². The van der Waals surface area contributed by atoms with Crippen molar-refractivity contribution in [2.24, 2.45) is 11.7 Å². The van der Waals surface area contributed by atoms with Crippen LogP contribution in [-0.2, 0) is 24.5 Å². The van der Waals surface area contributed by atoms with Crippen LogP contribution in [0.5, 0.6) is 0 Å². The molecule has 1 aromatic rings. The van der Waals surface area contributed by atoms with Gasteiger partial charge in [-0.25, -0.2) is 0 Å². The second kappa shape index (κ2) is 9.13. The molecule has 0 spiro atoms. The van der Waals surface area contributed by atoms with E-state index >= 15 is 0 Å². The van der Waals surface area contributed by atoms with Crippen molar-refractivity contribution >= 4 is 29.9 Å². The van der Waals surface area contributed by atoms with Crippen LogP contribution in [0, 0.1) is 5.92 Å². The lowest BCUT2D eigenvalue weighted by atomic mass is 9.63. The number of carboxylic acid groups (broad SMARTS) is 1. The zero-order valence-corrected chi connectivity index (χ0v) is 17.0. The molecule has 158 valence electrons. The van der Waals surface area contributed by atoms with Gasteiger partial charge in [0, 0.05) is 17.5 Å². The Morgan fingerprint density at radius 3 is 2.45 bits per heavy atom. The van der Waals surface area contributed by atoms with E-state index < -0.39 is 5.41 Å². The first-order chi connectivity index (χ1) is 13.9. The molecule has 1 aliphatic heterocycles. The van der Waals surface area contributed by atoms with Crippen LogP contribution in [0.15, 0.2) is 24.3 Å². The molecule has 2 saturated carbocycles. The SMILES string of the molecule is NC(=O)[C@H]1CC[C@H]2OCCN(C(=O)C3(c4ccc(Cl)cc4)CCC3)[C@@H]2C1.O=CO. The van der Waals surface area contributed by atoms with Gasteiger partial charge in [-0.05, 0) is 49.8 Å². The van der Waals surface area contributed by atoms with Gasteiger partial charge in [-0.1, -0.05) is 30.2 Å². The van der Waals surface area contributed by atoms with E-state index in [0.29, 0.717) is 24.6 Å². The third-order valence-electron chi connectivity index (χ3n) is 6.50. The zero-order chi connectivity index (χ0) is 21.0. The van der Waals surface area contributed by atoms with Gasteiger partial charge < -0.3 is 20.5 Å². The molecule has 0 radical (unpaired) electrons. The lowest BCUT2D eigenvalue weighted by Gasteiger charge is -2.51.